The minimum atomic E-state index is -0.790. The van der Waals surface area contributed by atoms with Crippen molar-refractivity contribution in [1.29, 1.82) is 0 Å². The van der Waals surface area contributed by atoms with E-state index in [0.717, 1.165) is 24.4 Å². The fourth-order valence-corrected chi connectivity index (χ4v) is 1.75. The highest BCUT2D eigenvalue weighted by atomic mass is 16.4. The number of aryl methyl sites for hydroxylation is 2. The topological polar surface area (TPSA) is 68.0 Å². The molecule has 0 saturated carbocycles. The minimum absolute atomic E-state index is 0.120. The van der Waals surface area contributed by atoms with Gasteiger partial charge in [-0.3, -0.25) is 4.79 Å². The summed E-state index contributed by atoms with van der Waals surface area (Å²) in [6, 6.07) is 0. The highest BCUT2D eigenvalue weighted by molar-refractivity contribution is 5.66. The molecule has 0 atom stereocenters. The summed E-state index contributed by atoms with van der Waals surface area (Å²) in [7, 11) is 0. The Morgan fingerprint density at radius 3 is 2.76 bits per heavy atom. The number of nitrogens with zero attached hydrogens (tertiary/aromatic N) is 3. The van der Waals surface area contributed by atoms with Crippen molar-refractivity contribution in [2.24, 2.45) is 0 Å². The van der Waals surface area contributed by atoms with Crippen LogP contribution in [0.3, 0.4) is 0 Å². The van der Waals surface area contributed by atoms with E-state index in [2.05, 4.69) is 17.2 Å². The van der Waals surface area contributed by atoms with Gasteiger partial charge in [0.1, 0.15) is 0 Å². The molecular formula is C12H21N3O2. The molecule has 5 heteroatoms. The van der Waals surface area contributed by atoms with Gasteiger partial charge < -0.3 is 5.11 Å². The molecule has 1 aromatic heterocycles. The molecule has 0 aliphatic heterocycles. The summed E-state index contributed by atoms with van der Waals surface area (Å²) in [5, 5.41) is 16.7. The quantitative estimate of drug-likeness (QED) is 0.706. The second kappa shape index (κ2) is 7.04. The van der Waals surface area contributed by atoms with Crippen LogP contribution in [0, 0.1) is 6.92 Å². The predicted octanol–water partition coefficient (Wildman–Crippen LogP) is 2.18. The molecule has 0 unspecified atom stereocenters. The first kappa shape index (κ1) is 13.7. The van der Waals surface area contributed by atoms with Crippen LogP contribution in [0.4, 0.5) is 0 Å². The lowest BCUT2D eigenvalue weighted by molar-refractivity contribution is -0.136. The summed E-state index contributed by atoms with van der Waals surface area (Å²) >= 11 is 0. The number of aliphatic carboxylic acids is 1. The molecule has 0 bridgehead atoms. The second-order valence-corrected chi connectivity index (χ2v) is 4.30. The fraction of sp³-hybridized carbons (Fsp3) is 0.750. The number of carboxylic acids is 1. The van der Waals surface area contributed by atoms with Crippen LogP contribution < -0.4 is 0 Å². The van der Waals surface area contributed by atoms with Crippen molar-refractivity contribution in [1.82, 2.24) is 15.0 Å². The lowest BCUT2D eigenvalue weighted by Gasteiger charge is -2.03. The van der Waals surface area contributed by atoms with Gasteiger partial charge in [-0.2, -0.15) is 0 Å². The summed E-state index contributed by atoms with van der Waals surface area (Å²) in [5.74, 6) is -0.790. The molecule has 0 fully saturated rings. The van der Waals surface area contributed by atoms with Gasteiger partial charge in [-0.05, 0) is 13.3 Å². The van der Waals surface area contributed by atoms with Crippen molar-refractivity contribution in [3.63, 3.8) is 0 Å². The van der Waals surface area contributed by atoms with Gasteiger partial charge in [0.25, 0.3) is 0 Å². The molecule has 0 aliphatic rings. The Balaban J connectivity index is 2.43. The third-order valence-corrected chi connectivity index (χ3v) is 2.88. The van der Waals surface area contributed by atoms with E-state index in [-0.39, 0.29) is 6.42 Å². The maximum Gasteiger partial charge on any atom is 0.303 e. The normalized spacial score (nSPS) is 10.7. The Kier molecular flexibility index (Phi) is 5.66. The molecule has 0 aliphatic carbocycles. The smallest absolute Gasteiger partial charge is 0.303 e. The minimum Gasteiger partial charge on any atom is -0.481 e. The van der Waals surface area contributed by atoms with E-state index in [1.165, 1.54) is 19.3 Å². The van der Waals surface area contributed by atoms with Crippen molar-refractivity contribution in [2.45, 2.75) is 58.9 Å². The van der Waals surface area contributed by atoms with Crippen molar-refractivity contribution in [3.05, 3.63) is 11.4 Å². The van der Waals surface area contributed by atoms with E-state index in [9.17, 15) is 4.79 Å². The third-order valence-electron chi connectivity index (χ3n) is 2.88. The van der Waals surface area contributed by atoms with Crippen LogP contribution in [0.25, 0.3) is 0 Å². The lowest BCUT2D eigenvalue weighted by atomic mass is 10.2. The van der Waals surface area contributed by atoms with Crippen LogP contribution >= 0.6 is 0 Å². The van der Waals surface area contributed by atoms with Gasteiger partial charge in [0, 0.05) is 13.0 Å². The highest BCUT2D eigenvalue weighted by Crippen LogP contribution is 2.08. The zero-order chi connectivity index (χ0) is 12.7. The summed E-state index contributed by atoms with van der Waals surface area (Å²) in [4.78, 5) is 10.5. The van der Waals surface area contributed by atoms with Gasteiger partial charge >= 0.3 is 5.97 Å². The van der Waals surface area contributed by atoms with E-state index in [4.69, 9.17) is 5.11 Å². The molecule has 17 heavy (non-hydrogen) atoms. The van der Waals surface area contributed by atoms with Crippen LogP contribution in [0.5, 0.6) is 0 Å². The molecule has 5 nitrogen and oxygen atoms in total. The average Bonchev–Trinajstić information content (AvgIpc) is 2.63. The molecule has 0 amide bonds. The number of carbonyl (C=O) groups is 1. The number of carboxylic acid groups (broad SMARTS) is 1. The molecule has 0 saturated heterocycles. The van der Waals surface area contributed by atoms with Crippen LogP contribution in [-0.2, 0) is 17.8 Å². The van der Waals surface area contributed by atoms with Gasteiger partial charge in [-0.15, -0.1) is 5.10 Å². The van der Waals surface area contributed by atoms with Crippen LogP contribution in [-0.4, -0.2) is 26.1 Å². The van der Waals surface area contributed by atoms with Crippen LogP contribution in [0.2, 0.25) is 0 Å². The Morgan fingerprint density at radius 1 is 1.35 bits per heavy atom. The molecule has 1 heterocycles. The molecule has 1 aromatic rings. The summed E-state index contributed by atoms with van der Waals surface area (Å²) in [5.41, 5.74) is 1.81. The van der Waals surface area contributed by atoms with Crippen molar-refractivity contribution >= 4 is 5.97 Å². The van der Waals surface area contributed by atoms with Crippen molar-refractivity contribution in [2.75, 3.05) is 0 Å². The average molecular weight is 239 g/mol. The van der Waals surface area contributed by atoms with Crippen molar-refractivity contribution in [3.8, 4) is 0 Å². The molecule has 1 rings (SSSR count). The molecule has 0 aromatic carbocycles. The molecule has 96 valence electrons. The SMILES string of the molecule is CCCCCCn1nnc(CCC(=O)O)c1C. The lowest BCUT2D eigenvalue weighted by Crippen LogP contribution is -2.04. The summed E-state index contributed by atoms with van der Waals surface area (Å²) in [6.45, 7) is 5.02. The van der Waals surface area contributed by atoms with E-state index < -0.39 is 5.97 Å². The Bertz CT molecular complexity index is 361. The largest absolute Gasteiger partial charge is 0.481 e. The van der Waals surface area contributed by atoms with Crippen LogP contribution in [0.15, 0.2) is 0 Å². The maximum absolute atomic E-state index is 10.5. The standard InChI is InChI=1S/C12H21N3O2/c1-3-4-5-6-9-15-10(2)11(13-14-15)7-8-12(16)17/h3-9H2,1-2H3,(H,16,17). The first-order chi connectivity index (χ1) is 8.15. The third kappa shape index (κ3) is 4.54. The zero-order valence-corrected chi connectivity index (χ0v) is 10.6. The monoisotopic (exact) mass is 239 g/mol. The zero-order valence-electron chi connectivity index (χ0n) is 10.6. The fourth-order valence-electron chi connectivity index (χ4n) is 1.75. The number of unbranched alkanes of at least 4 members (excludes halogenated alkanes) is 3. The summed E-state index contributed by atoms with van der Waals surface area (Å²) < 4.78 is 1.88. The van der Waals surface area contributed by atoms with Gasteiger partial charge in [-0.25, -0.2) is 4.68 Å². The molecule has 1 N–H and O–H groups in total. The number of hydrogen-bond acceptors (Lipinski definition) is 3. The predicted molar refractivity (Wildman–Crippen MR) is 64.9 cm³/mol. The first-order valence-corrected chi connectivity index (χ1v) is 6.26. The van der Waals surface area contributed by atoms with Gasteiger partial charge in [0.15, 0.2) is 0 Å². The number of aromatic nitrogens is 3. The molecular weight excluding hydrogens is 218 g/mol. The van der Waals surface area contributed by atoms with Gasteiger partial charge in [0.2, 0.25) is 0 Å². The number of rotatable bonds is 8. The van der Waals surface area contributed by atoms with E-state index in [1.54, 1.807) is 0 Å². The Labute approximate surface area is 102 Å². The van der Waals surface area contributed by atoms with Crippen LogP contribution in [0.1, 0.15) is 50.4 Å². The molecule has 0 spiro atoms. The van der Waals surface area contributed by atoms with Crippen molar-refractivity contribution < 1.29 is 9.90 Å². The first-order valence-electron chi connectivity index (χ1n) is 6.26. The second-order valence-electron chi connectivity index (χ2n) is 4.30. The number of hydrogen-bond donors (Lipinski definition) is 1. The van der Waals surface area contributed by atoms with Gasteiger partial charge in [0.05, 0.1) is 17.8 Å². The Hall–Kier alpha value is -1.39. The van der Waals surface area contributed by atoms with E-state index in [1.807, 2.05) is 11.6 Å². The highest BCUT2D eigenvalue weighted by Gasteiger charge is 2.09. The molecule has 0 radical (unpaired) electrons. The Morgan fingerprint density at radius 2 is 2.12 bits per heavy atom. The van der Waals surface area contributed by atoms with Gasteiger partial charge in [-0.1, -0.05) is 31.4 Å². The maximum atomic E-state index is 10.5. The summed E-state index contributed by atoms with van der Waals surface area (Å²) in [6.07, 6.45) is 5.38. The van der Waals surface area contributed by atoms with E-state index >= 15 is 0 Å². The van der Waals surface area contributed by atoms with E-state index in [0.29, 0.717) is 6.42 Å².